The summed E-state index contributed by atoms with van der Waals surface area (Å²) in [5.74, 6) is 0.611. The summed E-state index contributed by atoms with van der Waals surface area (Å²) in [5, 5.41) is 3.42. The van der Waals surface area contributed by atoms with E-state index in [1.807, 2.05) is 0 Å². The van der Waals surface area contributed by atoms with Crippen LogP contribution in [0.4, 0.5) is 0 Å². The lowest BCUT2D eigenvalue weighted by Crippen LogP contribution is -2.38. The average molecular weight is 193 g/mol. The van der Waals surface area contributed by atoms with Gasteiger partial charge in [0, 0.05) is 18.4 Å². The highest BCUT2D eigenvalue weighted by atomic mass is 16.5. The van der Waals surface area contributed by atoms with Gasteiger partial charge in [0.2, 0.25) is 5.88 Å². The molecule has 0 radical (unpaired) electrons. The van der Waals surface area contributed by atoms with Gasteiger partial charge in [0.15, 0.2) is 0 Å². The number of rotatable bonds is 3. The molecule has 1 aliphatic rings. The Morgan fingerprint density at radius 3 is 3.14 bits per heavy atom. The summed E-state index contributed by atoms with van der Waals surface area (Å²) in [5.41, 5.74) is 0. The van der Waals surface area contributed by atoms with E-state index in [1.165, 1.54) is 19.3 Å². The summed E-state index contributed by atoms with van der Waals surface area (Å²) in [4.78, 5) is 7.99. The predicted octanol–water partition coefficient (Wildman–Crippen LogP) is 0.997. The summed E-state index contributed by atoms with van der Waals surface area (Å²) >= 11 is 0. The first kappa shape index (κ1) is 9.40. The monoisotopic (exact) mass is 193 g/mol. The summed E-state index contributed by atoms with van der Waals surface area (Å²) in [7, 11) is 0. The molecule has 0 unspecified atom stereocenters. The number of aromatic nitrogens is 2. The lowest BCUT2D eigenvalue weighted by Gasteiger charge is -2.22. The Hall–Kier alpha value is -1.16. The number of hydrogen-bond donors (Lipinski definition) is 1. The highest BCUT2D eigenvalue weighted by Gasteiger charge is 2.12. The molecule has 2 rings (SSSR count). The predicted molar refractivity (Wildman–Crippen MR) is 53.2 cm³/mol. The molecule has 0 aromatic carbocycles. The zero-order chi connectivity index (χ0) is 9.64. The fraction of sp³-hybridized carbons (Fsp3) is 0.600. The first-order chi connectivity index (χ1) is 6.95. The van der Waals surface area contributed by atoms with Gasteiger partial charge in [-0.15, -0.1) is 0 Å². The van der Waals surface area contributed by atoms with Gasteiger partial charge in [0.25, 0.3) is 0 Å². The Morgan fingerprint density at radius 1 is 1.43 bits per heavy atom. The fourth-order valence-electron chi connectivity index (χ4n) is 1.61. The molecule has 4 heteroatoms. The fourth-order valence-corrected chi connectivity index (χ4v) is 1.61. The van der Waals surface area contributed by atoms with E-state index in [1.54, 1.807) is 18.6 Å². The molecule has 76 valence electrons. The molecule has 1 saturated heterocycles. The van der Waals surface area contributed by atoms with Crippen LogP contribution in [0.15, 0.2) is 18.6 Å². The lowest BCUT2D eigenvalue weighted by molar-refractivity contribution is 0.231. The van der Waals surface area contributed by atoms with Crippen molar-refractivity contribution in [3.05, 3.63) is 18.6 Å². The van der Waals surface area contributed by atoms with Crippen molar-refractivity contribution in [3.63, 3.8) is 0 Å². The van der Waals surface area contributed by atoms with Crippen molar-refractivity contribution < 1.29 is 4.74 Å². The Bertz CT molecular complexity index is 259. The third-order valence-corrected chi connectivity index (χ3v) is 2.38. The van der Waals surface area contributed by atoms with Crippen LogP contribution < -0.4 is 10.1 Å². The molecule has 0 aliphatic carbocycles. The topological polar surface area (TPSA) is 47.0 Å². The molecule has 1 aromatic heterocycles. The van der Waals surface area contributed by atoms with Crippen LogP contribution in [-0.2, 0) is 0 Å². The number of nitrogens with one attached hydrogen (secondary N) is 1. The van der Waals surface area contributed by atoms with E-state index in [4.69, 9.17) is 4.74 Å². The molecule has 0 saturated carbocycles. The second-order valence-electron chi connectivity index (χ2n) is 3.50. The average Bonchev–Trinajstić information content (AvgIpc) is 2.29. The van der Waals surface area contributed by atoms with E-state index in [9.17, 15) is 0 Å². The van der Waals surface area contributed by atoms with Crippen molar-refractivity contribution in [2.75, 3.05) is 13.2 Å². The van der Waals surface area contributed by atoms with Crippen molar-refractivity contribution >= 4 is 0 Å². The smallest absolute Gasteiger partial charge is 0.232 e. The first-order valence-corrected chi connectivity index (χ1v) is 5.07. The Kier molecular flexibility index (Phi) is 3.29. The van der Waals surface area contributed by atoms with E-state index in [2.05, 4.69) is 15.3 Å². The number of hydrogen-bond acceptors (Lipinski definition) is 4. The lowest BCUT2D eigenvalue weighted by atomic mass is 10.1. The molecule has 1 aromatic rings. The van der Waals surface area contributed by atoms with Crippen molar-refractivity contribution in [3.8, 4) is 5.88 Å². The number of piperidine rings is 1. The minimum Gasteiger partial charge on any atom is -0.475 e. The number of ether oxygens (including phenoxy) is 1. The zero-order valence-corrected chi connectivity index (χ0v) is 8.15. The SMILES string of the molecule is c1cnc(OC[C@@H]2CCCCN2)cn1. The van der Waals surface area contributed by atoms with Crippen molar-refractivity contribution in [1.82, 2.24) is 15.3 Å². The van der Waals surface area contributed by atoms with Gasteiger partial charge >= 0.3 is 0 Å². The molecular weight excluding hydrogens is 178 g/mol. The van der Waals surface area contributed by atoms with E-state index in [0.717, 1.165) is 6.54 Å². The summed E-state index contributed by atoms with van der Waals surface area (Å²) in [6.07, 6.45) is 8.70. The highest BCUT2D eigenvalue weighted by molar-refractivity contribution is 5.01. The first-order valence-electron chi connectivity index (χ1n) is 5.07. The molecule has 4 nitrogen and oxygen atoms in total. The summed E-state index contributed by atoms with van der Waals surface area (Å²) < 4.78 is 5.51. The normalized spacial score (nSPS) is 21.9. The second kappa shape index (κ2) is 4.91. The molecule has 1 fully saturated rings. The molecule has 1 atom stereocenters. The van der Waals surface area contributed by atoms with Gasteiger partial charge in [-0.25, -0.2) is 4.98 Å². The summed E-state index contributed by atoms with van der Waals surface area (Å²) in [6.45, 7) is 1.80. The molecule has 1 aliphatic heterocycles. The minimum absolute atomic E-state index is 0.478. The van der Waals surface area contributed by atoms with Gasteiger partial charge in [-0.2, -0.15) is 0 Å². The van der Waals surface area contributed by atoms with E-state index >= 15 is 0 Å². The second-order valence-corrected chi connectivity index (χ2v) is 3.50. The van der Waals surface area contributed by atoms with Gasteiger partial charge < -0.3 is 10.1 Å². The summed E-state index contributed by atoms with van der Waals surface area (Å²) in [6, 6.07) is 0.478. The Labute approximate surface area is 83.7 Å². The molecule has 0 amide bonds. The van der Waals surface area contributed by atoms with E-state index in [0.29, 0.717) is 18.5 Å². The van der Waals surface area contributed by atoms with Crippen LogP contribution in [-0.4, -0.2) is 29.2 Å². The molecule has 14 heavy (non-hydrogen) atoms. The largest absolute Gasteiger partial charge is 0.475 e. The Balaban J connectivity index is 1.76. The van der Waals surface area contributed by atoms with Crippen LogP contribution in [0.2, 0.25) is 0 Å². The quantitative estimate of drug-likeness (QED) is 0.778. The third kappa shape index (κ3) is 2.67. The van der Waals surface area contributed by atoms with Crippen molar-refractivity contribution in [2.24, 2.45) is 0 Å². The van der Waals surface area contributed by atoms with E-state index < -0.39 is 0 Å². The highest BCUT2D eigenvalue weighted by Crippen LogP contribution is 2.08. The maximum absolute atomic E-state index is 5.51. The van der Waals surface area contributed by atoms with E-state index in [-0.39, 0.29) is 0 Å². The molecule has 0 spiro atoms. The van der Waals surface area contributed by atoms with Gasteiger partial charge in [-0.1, -0.05) is 6.42 Å². The molecule has 0 bridgehead atoms. The van der Waals surface area contributed by atoms with Crippen LogP contribution >= 0.6 is 0 Å². The molecule has 1 N–H and O–H groups in total. The van der Waals surface area contributed by atoms with Crippen LogP contribution in [0.1, 0.15) is 19.3 Å². The molecule has 2 heterocycles. The van der Waals surface area contributed by atoms with Crippen LogP contribution in [0, 0.1) is 0 Å². The molecular formula is C10H15N3O. The zero-order valence-electron chi connectivity index (χ0n) is 8.15. The third-order valence-electron chi connectivity index (χ3n) is 2.38. The van der Waals surface area contributed by atoms with Crippen LogP contribution in [0.25, 0.3) is 0 Å². The van der Waals surface area contributed by atoms with Gasteiger partial charge in [0.05, 0.1) is 6.20 Å². The van der Waals surface area contributed by atoms with Crippen molar-refractivity contribution in [1.29, 1.82) is 0 Å². The van der Waals surface area contributed by atoms with Gasteiger partial charge in [-0.3, -0.25) is 4.98 Å². The van der Waals surface area contributed by atoms with Crippen LogP contribution in [0.5, 0.6) is 5.88 Å². The van der Waals surface area contributed by atoms with Crippen LogP contribution in [0.3, 0.4) is 0 Å². The standard InChI is InChI=1S/C10H15N3O/c1-2-4-12-9(3-1)8-14-10-7-11-5-6-13-10/h5-7,9,12H,1-4,8H2/t9-/m0/s1. The van der Waals surface area contributed by atoms with Crippen molar-refractivity contribution in [2.45, 2.75) is 25.3 Å². The number of nitrogens with zero attached hydrogens (tertiary/aromatic N) is 2. The van der Waals surface area contributed by atoms with Gasteiger partial charge in [-0.05, 0) is 19.4 Å². The maximum Gasteiger partial charge on any atom is 0.232 e. The minimum atomic E-state index is 0.478. The van der Waals surface area contributed by atoms with Gasteiger partial charge in [0.1, 0.15) is 6.61 Å². The Morgan fingerprint density at radius 2 is 2.43 bits per heavy atom. The maximum atomic E-state index is 5.51.